The lowest BCUT2D eigenvalue weighted by Gasteiger charge is -2.17. The molecule has 1 heterocycles. The molecule has 5 nitrogen and oxygen atoms in total. The lowest BCUT2D eigenvalue weighted by molar-refractivity contribution is -0.121. The average Bonchev–Trinajstić information content (AvgIpc) is 3.03. The number of amides is 1. The van der Waals surface area contributed by atoms with Crippen molar-refractivity contribution in [1.29, 1.82) is 0 Å². The van der Waals surface area contributed by atoms with E-state index in [4.69, 9.17) is 4.42 Å². The molecular weight excluding hydrogens is 317 g/mol. The maximum atomic E-state index is 12.2. The molecule has 0 radical (unpaired) electrons. The molecule has 3 rings (SSSR count). The fourth-order valence-electron chi connectivity index (χ4n) is 2.84. The van der Waals surface area contributed by atoms with E-state index in [-0.39, 0.29) is 12.3 Å². The van der Waals surface area contributed by atoms with Gasteiger partial charge in [0.15, 0.2) is 0 Å². The van der Waals surface area contributed by atoms with E-state index in [9.17, 15) is 14.8 Å². The van der Waals surface area contributed by atoms with Gasteiger partial charge < -0.3 is 19.8 Å². The minimum atomic E-state index is -1.64. The van der Waals surface area contributed by atoms with E-state index in [2.05, 4.69) is 5.32 Å². The second-order valence-electron chi connectivity index (χ2n) is 6.03. The molecule has 0 unspecified atom stereocenters. The zero-order chi connectivity index (χ0) is 17.6. The monoisotopic (exact) mass is 337 g/mol. The second kappa shape index (κ2) is 8.01. The van der Waals surface area contributed by atoms with Gasteiger partial charge in [-0.05, 0) is 30.0 Å². The molecule has 3 aromatic rings. The quantitative estimate of drug-likeness (QED) is 0.577. The largest absolute Gasteiger partial charge is 0.475 e. The SMILES string of the molecule is O=C(CCc1ccccc1)N[C@@H](Cc1coc2ccccc12)B(O)O. The summed E-state index contributed by atoms with van der Waals surface area (Å²) in [5.41, 5.74) is 2.63. The Morgan fingerprint density at radius 1 is 1.08 bits per heavy atom. The van der Waals surface area contributed by atoms with Crippen LogP contribution in [0.1, 0.15) is 17.5 Å². The summed E-state index contributed by atoms with van der Waals surface area (Å²) in [5, 5.41) is 22.9. The van der Waals surface area contributed by atoms with Crippen LogP contribution in [-0.2, 0) is 17.6 Å². The minimum absolute atomic E-state index is 0.213. The van der Waals surface area contributed by atoms with Crippen molar-refractivity contribution in [1.82, 2.24) is 5.32 Å². The van der Waals surface area contributed by atoms with E-state index < -0.39 is 13.1 Å². The summed E-state index contributed by atoms with van der Waals surface area (Å²) in [4.78, 5) is 12.2. The predicted octanol–water partition coefficient (Wildman–Crippen LogP) is 2.10. The number of nitrogens with one attached hydrogen (secondary N) is 1. The zero-order valence-corrected chi connectivity index (χ0v) is 13.8. The molecule has 25 heavy (non-hydrogen) atoms. The summed E-state index contributed by atoms with van der Waals surface area (Å²) >= 11 is 0. The van der Waals surface area contributed by atoms with Gasteiger partial charge in [-0.25, -0.2) is 0 Å². The normalized spacial score (nSPS) is 12.1. The molecule has 0 saturated heterocycles. The Labute approximate surface area is 146 Å². The molecule has 0 fully saturated rings. The maximum absolute atomic E-state index is 12.2. The van der Waals surface area contributed by atoms with Gasteiger partial charge in [0, 0.05) is 11.8 Å². The first-order valence-electron chi connectivity index (χ1n) is 8.28. The summed E-state index contributed by atoms with van der Waals surface area (Å²) in [7, 11) is -1.64. The highest BCUT2D eigenvalue weighted by atomic mass is 16.4. The van der Waals surface area contributed by atoms with Crippen LogP contribution in [0.25, 0.3) is 11.0 Å². The third-order valence-electron chi connectivity index (χ3n) is 4.19. The average molecular weight is 337 g/mol. The van der Waals surface area contributed by atoms with Gasteiger partial charge in [0.2, 0.25) is 5.91 Å². The van der Waals surface area contributed by atoms with Gasteiger partial charge in [-0.15, -0.1) is 0 Å². The third kappa shape index (κ3) is 4.50. The van der Waals surface area contributed by atoms with E-state index in [0.717, 1.165) is 22.1 Å². The Kier molecular flexibility index (Phi) is 5.53. The number of hydrogen-bond donors (Lipinski definition) is 3. The number of furan rings is 1. The Balaban J connectivity index is 1.62. The van der Waals surface area contributed by atoms with Crippen molar-refractivity contribution in [2.75, 3.05) is 0 Å². The van der Waals surface area contributed by atoms with Gasteiger partial charge in [-0.1, -0.05) is 48.5 Å². The van der Waals surface area contributed by atoms with Crippen molar-refractivity contribution in [3.05, 3.63) is 72.0 Å². The van der Waals surface area contributed by atoms with E-state index in [1.165, 1.54) is 0 Å². The Morgan fingerprint density at radius 3 is 2.56 bits per heavy atom. The van der Waals surface area contributed by atoms with Gasteiger partial charge in [-0.3, -0.25) is 4.79 Å². The van der Waals surface area contributed by atoms with Crippen LogP contribution in [0, 0.1) is 0 Å². The van der Waals surface area contributed by atoms with Crippen LogP contribution in [0.2, 0.25) is 0 Å². The van der Waals surface area contributed by atoms with Gasteiger partial charge >= 0.3 is 7.12 Å². The van der Waals surface area contributed by atoms with Crippen molar-refractivity contribution >= 4 is 24.0 Å². The van der Waals surface area contributed by atoms with Crippen LogP contribution in [0.4, 0.5) is 0 Å². The topological polar surface area (TPSA) is 82.7 Å². The molecule has 1 amide bonds. The summed E-state index contributed by atoms with van der Waals surface area (Å²) < 4.78 is 5.46. The minimum Gasteiger partial charge on any atom is -0.464 e. The van der Waals surface area contributed by atoms with Crippen molar-refractivity contribution in [3.8, 4) is 0 Å². The summed E-state index contributed by atoms with van der Waals surface area (Å²) in [6.45, 7) is 0. The van der Waals surface area contributed by atoms with Crippen LogP contribution in [0.3, 0.4) is 0 Å². The van der Waals surface area contributed by atoms with Crippen molar-refractivity contribution in [2.45, 2.75) is 25.2 Å². The van der Waals surface area contributed by atoms with Crippen LogP contribution in [-0.4, -0.2) is 29.0 Å². The molecule has 3 N–H and O–H groups in total. The van der Waals surface area contributed by atoms with E-state index in [1.807, 2.05) is 54.6 Å². The van der Waals surface area contributed by atoms with Gasteiger partial charge in [-0.2, -0.15) is 0 Å². The third-order valence-corrected chi connectivity index (χ3v) is 4.19. The summed E-state index contributed by atoms with van der Waals surface area (Å²) in [6.07, 6.45) is 2.77. The first-order valence-corrected chi connectivity index (χ1v) is 8.28. The number of carbonyl (C=O) groups excluding carboxylic acids is 1. The molecule has 0 aliphatic heterocycles. The van der Waals surface area contributed by atoms with Crippen LogP contribution in [0.5, 0.6) is 0 Å². The molecule has 1 aromatic heterocycles. The van der Waals surface area contributed by atoms with Crippen molar-refractivity contribution in [2.24, 2.45) is 0 Å². The molecular formula is C19H20BNO4. The highest BCUT2D eigenvalue weighted by Crippen LogP contribution is 2.22. The molecule has 0 aliphatic carbocycles. The molecule has 1 atom stereocenters. The first-order chi connectivity index (χ1) is 12.1. The molecule has 128 valence electrons. The molecule has 0 bridgehead atoms. The van der Waals surface area contributed by atoms with Crippen LogP contribution < -0.4 is 5.32 Å². The fraction of sp³-hybridized carbons (Fsp3) is 0.211. The highest BCUT2D eigenvalue weighted by Gasteiger charge is 2.26. The standard InChI is InChI=1S/C19H20BNO4/c22-19(11-10-14-6-2-1-3-7-14)21-18(20(23)24)12-15-13-25-17-9-5-4-8-16(15)17/h1-9,13,18,23-24H,10-12H2,(H,21,22)/t18-/m0/s1. The number of para-hydroxylation sites is 1. The Morgan fingerprint density at radius 2 is 1.80 bits per heavy atom. The smallest absolute Gasteiger partial charge is 0.464 e. The lowest BCUT2D eigenvalue weighted by atomic mass is 9.76. The summed E-state index contributed by atoms with van der Waals surface area (Å²) in [6, 6.07) is 17.2. The molecule has 6 heteroatoms. The van der Waals surface area contributed by atoms with Crippen LogP contribution >= 0.6 is 0 Å². The second-order valence-corrected chi connectivity index (χ2v) is 6.03. The van der Waals surface area contributed by atoms with Gasteiger partial charge in [0.25, 0.3) is 0 Å². The molecule has 0 saturated carbocycles. The molecule has 0 spiro atoms. The fourth-order valence-corrected chi connectivity index (χ4v) is 2.84. The maximum Gasteiger partial charge on any atom is 0.475 e. The van der Waals surface area contributed by atoms with E-state index in [1.54, 1.807) is 6.26 Å². The summed E-state index contributed by atoms with van der Waals surface area (Å²) in [5.74, 6) is -1.00. The number of benzene rings is 2. The Hall–Kier alpha value is -2.57. The van der Waals surface area contributed by atoms with Crippen molar-refractivity contribution < 1.29 is 19.3 Å². The number of rotatable bonds is 7. The lowest BCUT2D eigenvalue weighted by Crippen LogP contribution is -2.47. The van der Waals surface area contributed by atoms with Gasteiger partial charge in [0.05, 0.1) is 12.2 Å². The molecule has 2 aromatic carbocycles. The van der Waals surface area contributed by atoms with Crippen LogP contribution in [0.15, 0.2) is 65.3 Å². The molecule has 0 aliphatic rings. The number of fused-ring (bicyclic) bond motifs is 1. The number of carbonyl (C=O) groups is 1. The van der Waals surface area contributed by atoms with E-state index in [0.29, 0.717) is 12.8 Å². The Bertz CT molecular complexity index is 832. The first kappa shape index (κ1) is 17.3. The number of hydrogen-bond acceptors (Lipinski definition) is 4. The highest BCUT2D eigenvalue weighted by molar-refractivity contribution is 6.43. The van der Waals surface area contributed by atoms with Crippen molar-refractivity contribution in [3.63, 3.8) is 0 Å². The predicted molar refractivity (Wildman–Crippen MR) is 96.8 cm³/mol. The number of aryl methyl sites for hydroxylation is 1. The van der Waals surface area contributed by atoms with E-state index >= 15 is 0 Å². The zero-order valence-electron chi connectivity index (χ0n) is 13.8. The van der Waals surface area contributed by atoms with Gasteiger partial charge in [0.1, 0.15) is 5.58 Å².